The highest BCUT2D eigenvalue weighted by Gasteiger charge is 2.03. The number of rotatable bonds is 5. The summed E-state index contributed by atoms with van der Waals surface area (Å²) in [6.07, 6.45) is 1.97. The van der Waals surface area contributed by atoms with Crippen molar-refractivity contribution in [2.75, 3.05) is 7.11 Å². The molecule has 0 fully saturated rings. The van der Waals surface area contributed by atoms with Crippen LogP contribution >= 0.6 is 0 Å². The van der Waals surface area contributed by atoms with E-state index in [1.807, 2.05) is 53.1 Å². The van der Waals surface area contributed by atoms with Crippen LogP contribution in [-0.4, -0.2) is 21.7 Å². The fourth-order valence-electron chi connectivity index (χ4n) is 2.07. The van der Waals surface area contributed by atoms with Gasteiger partial charge in [-0.05, 0) is 29.8 Å². The Morgan fingerprint density at radius 3 is 2.70 bits per heavy atom. The van der Waals surface area contributed by atoms with Gasteiger partial charge < -0.3 is 10.1 Å². The molecular weight excluding hydrogens is 252 g/mol. The maximum Gasteiger partial charge on any atom is 0.160 e. The first kappa shape index (κ1) is 12.6. The van der Waals surface area contributed by atoms with Gasteiger partial charge in [-0.1, -0.05) is 18.2 Å². The fraction of sp³-hybridized carbons (Fsp3) is 0.200. The smallest absolute Gasteiger partial charge is 0.160 e. The highest BCUT2D eigenvalue weighted by molar-refractivity contribution is 5.37. The van der Waals surface area contributed by atoms with Crippen LogP contribution < -0.4 is 10.1 Å². The van der Waals surface area contributed by atoms with Crippen molar-refractivity contribution >= 4 is 5.65 Å². The number of hydrogen-bond acceptors (Lipinski definition) is 4. The molecule has 0 radical (unpaired) electrons. The van der Waals surface area contributed by atoms with E-state index in [4.69, 9.17) is 4.74 Å². The number of nitrogens with zero attached hydrogens (tertiary/aromatic N) is 3. The lowest BCUT2D eigenvalue weighted by Crippen LogP contribution is -2.14. The molecule has 1 N–H and O–H groups in total. The summed E-state index contributed by atoms with van der Waals surface area (Å²) in [6.45, 7) is 1.46. The maximum atomic E-state index is 5.14. The molecular formula is C15H16N4O. The van der Waals surface area contributed by atoms with E-state index >= 15 is 0 Å². The summed E-state index contributed by atoms with van der Waals surface area (Å²) in [5, 5.41) is 11.7. The van der Waals surface area contributed by atoms with Gasteiger partial charge in [-0.3, -0.25) is 4.40 Å². The van der Waals surface area contributed by atoms with Crippen molar-refractivity contribution in [2.45, 2.75) is 13.1 Å². The SMILES string of the molecule is COc1ccc(CNCc2nnc3ccccn23)cc1. The Balaban J connectivity index is 1.62. The molecule has 20 heavy (non-hydrogen) atoms. The van der Waals surface area contributed by atoms with Crippen molar-refractivity contribution in [2.24, 2.45) is 0 Å². The minimum absolute atomic E-state index is 0.678. The molecule has 0 aliphatic heterocycles. The molecule has 3 rings (SSSR count). The van der Waals surface area contributed by atoms with Crippen molar-refractivity contribution in [1.29, 1.82) is 0 Å². The molecule has 0 unspecified atom stereocenters. The number of ether oxygens (including phenoxy) is 1. The van der Waals surface area contributed by atoms with Crippen molar-refractivity contribution in [3.8, 4) is 5.75 Å². The molecule has 0 bridgehead atoms. The Morgan fingerprint density at radius 1 is 1.05 bits per heavy atom. The Morgan fingerprint density at radius 2 is 1.90 bits per heavy atom. The van der Waals surface area contributed by atoms with Crippen LogP contribution in [0, 0.1) is 0 Å². The molecule has 0 saturated carbocycles. The zero-order chi connectivity index (χ0) is 13.8. The number of pyridine rings is 1. The summed E-state index contributed by atoms with van der Waals surface area (Å²) in [5.74, 6) is 1.78. The van der Waals surface area contributed by atoms with Crippen LogP contribution in [0.2, 0.25) is 0 Å². The van der Waals surface area contributed by atoms with Crippen LogP contribution in [0.5, 0.6) is 5.75 Å². The molecule has 0 aliphatic carbocycles. The summed E-state index contributed by atoms with van der Waals surface area (Å²) in [4.78, 5) is 0. The third-order valence-electron chi connectivity index (χ3n) is 3.16. The second-order valence-electron chi connectivity index (χ2n) is 4.50. The van der Waals surface area contributed by atoms with Gasteiger partial charge in [-0.15, -0.1) is 10.2 Å². The minimum atomic E-state index is 0.678. The van der Waals surface area contributed by atoms with E-state index in [-0.39, 0.29) is 0 Å². The molecule has 0 aliphatic rings. The molecule has 2 heterocycles. The lowest BCUT2D eigenvalue weighted by atomic mass is 10.2. The van der Waals surface area contributed by atoms with Crippen LogP contribution in [0.15, 0.2) is 48.7 Å². The zero-order valence-electron chi connectivity index (χ0n) is 11.3. The van der Waals surface area contributed by atoms with Crippen molar-refractivity contribution in [3.05, 3.63) is 60.0 Å². The first-order valence-corrected chi connectivity index (χ1v) is 6.49. The number of methoxy groups -OCH3 is 1. The highest BCUT2D eigenvalue weighted by atomic mass is 16.5. The number of aromatic nitrogens is 3. The average molecular weight is 268 g/mol. The first-order chi connectivity index (χ1) is 9.86. The van der Waals surface area contributed by atoms with Crippen molar-refractivity contribution in [3.63, 3.8) is 0 Å². The van der Waals surface area contributed by atoms with Crippen LogP contribution in [0.1, 0.15) is 11.4 Å². The largest absolute Gasteiger partial charge is 0.497 e. The van der Waals surface area contributed by atoms with Gasteiger partial charge >= 0.3 is 0 Å². The van der Waals surface area contributed by atoms with E-state index in [0.717, 1.165) is 23.8 Å². The quantitative estimate of drug-likeness (QED) is 0.769. The minimum Gasteiger partial charge on any atom is -0.497 e. The van der Waals surface area contributed by atoms with Gasteiger partial charge in [0.15, 0.2) is 11.5 Å². The second kappa shape index (κ2) is 5.71. The molecule has 5 heteroatoms. The van der Waals surface area contributed by atoms with Gasteiger partial charge in [0.05, 0.1) is 13.7 Å². The van der Waals surface area contributed by atoms with Crippen LogP contribution in [0.4, 0.5) is 0 Å². The Hall–Kier alpha value is -2.40. The zero-order valence-corrected chi connectivity index (χ0v) is 11.3. The van der Waals surface area contributed by atoms with Crippen molar-refractivity contribution < 1.29 is 4.74 Å². The van der Waals surface area contributed by atoms with Crippen LogP contribution in [0.3, 0.4) is 0 Å². The normalized spacial score (nSPS) is 10.8. The third-order valence-corrected chi connectivity index (χ3v) is 3.16. The Bertz CT molecular complexity index is 690. The van der Waals surface area contributed by atoms with Crippen LogP contribution in [0.25, 0.3) is 5.65 Å². The highest BCUT2D eigenvalue weighted by Crippen LogP contribution is 2.11. The van der Waals surface area contributed by atoms with E-state index in [0.29, 0.717) is 6.54 Å². The standard InChI is InChI=1S/C15H16N4O/c1-20-13-7-5-12(6-8-13)10-16-11-15-18-17-14-4-2-3-9-19(14)15/h2-9,16H,10-11H2,1H3. The molecule has 0 spiro atoms. The molecule has 2 aromatic heterocycles. The summed E-state index contributed by atoms with van der Waals surface area (Å²) < 4.78 is 7.13. The van der Waals surface area contributed by atoms with Crippen LogP contribution in [-0.2, 0) is 13.1 Å². The lowest BCUT2D eigenvalue weighted by Gasteiger charge is -2.05. The second-order valence-corrected chi connectivity index (χ2v) is 4.50. The predicted molar refractivity (Wildman–Crippen MR) is 76.5 cm³/mol. The summed E-state index contributed by atoms with van der Waals surface area (Å²) in [5.41, 5.74) is 2.08. The molecule has 0 saturated heterocycles. The van der Waals surface area contributed by atoms with E-state index in [2.05, 4.69) is 15.5 Å². The molecule has 5 nitrogen and oxygen atoms in total. The van der Waals surface area contributed by atoms with E-state index in [1.54, 1.807) is 7.11 Å². The maximum absolute atomic E-state index is 5.14. The number of benzene rings is 1. The monoisotopic (exact) mass is 268 g/mol. The summed E-state index contributed by atoms with van der Waals surface area (Å²) >= 11 is 0. The first-order valence-electron chi connectivity index (χ1n) is 6.49. The van der Waals surface area contributed by atoms with Gasteiger partial charge in [-0.25, -0.2) is 0 Å². The summed E-state index contributed by atoms with van der Waals surface area (Å²) in [6, 6.07) is 13.9. The van der Waals surface area contributed by atoms with Gasteiger partial charge in [0.2, 0.25) is 0 Å². The van der Waals surface area contributed by atoms with Crippen molar-refractivity contribution in [1.82, 2.24) is 19.9 Å². The molecule has 0 amide bonds. The number of nitrogens with one attached hydrogen (secondary N) is 1. The van der Waals surface area contributed by atoms with Gasteiger partial charge in [-0.2, -0.15) is 0 Å². The average Bonchev–Trinajstić information content (AvgIpc) is 2.92. The Kier molecular flexibility index (Phi) is 3.60. The predicted octanol–water partition coefficient (Wildman–Crippen LogP) is 2.03. The fourth-order valence-corrected chi connectivity index (χ4v) is 2.07. The van der Waals surface area contributed by atoms with Gasteiger partial charge in [0.25, 0.3) is 0 Å². The third kappa shape index (κ3) is 2.62. The number of fused-ring (bicyclic) bond motifs is 1. The molecule has 0 atom stereocenters. The summed E-state index contributed by atoms with van der Waals surface area (Å²) in [7, 11) is 1.67. The van der Waals surface area contributed by atoms with E-state index < -0.39 is 0 Å². The van der Waals surface area contributed by atoms with Gasteiger partial charge in [0.1, 0.15) is 5.75 Å². The Labute approximate surface area is 117 Å². The van der Waals surface area contributed by atoms with E-state index in [9.17, 15) is 0 Å². The molecule has 1 aromatic carbocycles. The topological polar surface area (TPSA) is 51.5 Å². The van der Waals surface area contributed by atoms with Gasteiger partial charge in [0, 0.05) is 12.7 Å². The number of hydrogen-bond donors (Lipinski definition) is 1. The lowest BCUT2D eigenvalue weighted by molar-refractivity contribution is 0.414. The van der Waals surface area contributed by atoms with E-state index in [1.165, 1.54) is 5.56 Å². The molecule has 102 valence electrons. The molecule has 3 aromatic rings.